The number of nitrogens with zero attached hydrogens (tertiary/aromatic N) is 1. The molecule has 3 rings (SSSR count). The number of hydrogen-bond donors (Lipinski definition) is 2. The molecule has 4 heteroatoms. The van der Waals surface area contributed by atoms with Crippen molar-refractivity contribution in [3.05, 3.63) is 63.9 Å². The van der Waals surface area contributed by atoms with Gasteiger partial charge in [-0.05, 0) is 29.3 Å². The van der Waals surface area contributed by atoms with Crippen molar-refractivity contribution in [1.29, 1.82) is 0 Å². The number of fused-ring (bicyclic) bond motifs is 1. The minimum absolute atomic E-state index is 0.268. The Kier molecular flexibility index (Phi) is 2.73. The predicted molar refractivity (Wildman–Crippen MR) is 71.0 cm³/mol. The quantitative estimate of drug-likeness (QED) is 0.851. The van der Waals surface area contributed by atoms with Gasteiger partial charge in [-0.2, -0.15) is 0 Å². The van der Waals surface area contributed by atoms with Gasteiger partial charge in [0.15, 0.2) is 0 Å². The molecule has 0 bridgehead atoms. The third kappa shape index (κ3) is 1.68. The van der Waals surface area contributed by atoms with Crippen LogP contribution in [0.25, 0.3) is 0 Å². The molecular weight excluding hydrogens is 294 g/mol. The van der Waals surface area contributed by atoms with Crippen molar-refractivity contribution in [3.63, 3.8) is 0 Å². The maximum atomic E-state index is 10.9. The van der Waals surface area contributed by atoms with E-state index in [1.807, 2.05) is 24.3 Å². The number of halogens is 1. The van der Waals surface area contributed by atoms with Crippen LogP contribution in [0.4, 0.5) is 0 Å². The summed E-state index contributed by atoms with van der Waals surface area (Å²) in [5, 5.41) is 20.9. The molecule has 0 amide bonds. The largest absolute Gasteiger partial charge is 0.388 e. The third-order valence-electron chi connectivity index (χ3n) is 3.45. The van der Waals surface area contributed by atoms with Crippen LogP contribution in [0.1, 0.15) is 29.2 Å². The molecule has 0 saturated heterocycles. The molecule has 18 heavy (non-hydrogen) atoms. The molecule has 1 heterocycles. The fourth-order valence-electron chi connectivity index (χ4n) is 2.56. The second-order valence-electron chi connectivity index (χ2n) is 4.55. The first-order chi connectivity index (χ1) is 8.61. The van der Waals surface area contributed by atoms with Crippen LogP contribution in [0, 0.1) is 0 Å². The van der Waals surface area contributed by atoms with Crippen LogP contribution in [0.3, 0.4) is 0 Å². The molecule has 2 aromatic rings. The summed E-state index contributed by atoms with van der Waals surface area (Å²) in [7, 11) is 0. The molecule has 2 atom stereocenters. The van der Waals surface area contributed by atoms with Crippen molar-refractivity contribution in [2.45, 2.75) is 18.1 Å². The van der Waals surface area contributed by atoms with E-state index >= 15 is 0 Å². The summed E-state index contributed by atoms with van der Waals surface area (Å²) in [4.78, 5) is 4.05. The smallest absolute Gasteiger partial charge is 0.119 e. The zero-order valence-electron chi connectivity index (χ0n) is 9.55. The van der Waals surface area contributed by atoms with Gasteiger partial charge < -0.3 is 10.2 Å². The number of pyridine rings is 1. The van der Waals surface area contributed by atoms with Gasteiger partial charge in [0.05, 0.1) is 6.10 Å². The summed E-state index contributed by atoms with van der Waals surface area (Å²) in [5.41, 5.74) is 1.05. The lowest BCUT2D eigenvalue weighted by Crippen LogP contribution is -2.24. The Morgan fingerprint density at radius 1 is 1.33 bits per heavy atom. The lowest BCUT2D eigenvalue weighted by atomic mass is 9.89. The topological polar surface area (TPSA) is 53.4 Å². The maximum absolute atomic E-state index is 10.9. The Labute approximate surface area is 113 Å². The summed E-state index contributed by atoms with van der Waals surface area (Å²) < 4.78 is 0.903. The summed E-state index contributed by atoms with van der Waals surface area (Å²) in [6, 6.07) is 9.27. The Morgan fingerprint density at radius 2 is 2.17 bits per heavy atom. The minimum Gasteiger partial charge on any atom is -0.388 e. The molecule has 0 aliphatic heterocycles. The number of rotatable bonds is 1. The van der Waals surface area contributed by atoms with Gasteiger partial charge >= 0.3 is 0 Å². The van der Waals surface area contributed by atoms with E-state index in [-0.39, 0.29) is 6.42 Å². The minimum atomic E-state index is -1.16. The Hall–Kier alpha value is -1.23. The van der Waals surface area contributed by atoms with Crippen molar-refractivity contribution in [2.24, 2.45) is 0 Å². The number of benzene rings is 1. The van der Waals surface area contributed by atoms with Crippen LogP contribution in [-0.2, 0) is 5.60 Å². The molecule has 0 spiro atoms. The highest BCUT2D eigenvalue weighted by Crippen LogP contribution is 2.46. The zero-order chi connectivity index (χ0) is 12.8. The van der Waals surface area contributed by atoms with E-state index in [2.05, 4.69) is 20.9 Å². The van der Waals surface area contributed by atoms with Gasteiger partial charge in [-0.15, -0.1) is 0 Å². The predicted octanol–water partition coefficient (Wildman–Crippen LogP) is 2.52. The first-order valence-corrected chi connectivity index (χ1v) is 6.51. The van der Waals surface area contributed by atoms with Crippen molar-refractivity contribution < 1.29 is 10.2 Å². The van der Waals surface area contributed by atoms with Gasteiger partial charge in [-0.25, -0.2) is 0 Å². The monoisotopic (exact) mass is 305 g/mol. The summed E-state index contributed by atoms with van der Waals surface area (Å²) in [6.07, 6.45) is 2.89. The lowest BCUT2D eigenvalue weighted by Gasteiger charge is -2.24. The molecule has 3 nitrogen and oxygen atoms in total. The highest BCUT2D eigenvalue weighted by molar-refractivity contribution is 9.10. The molecule has 2 N–H and O–H groups in total. The average molecular weight is 306 g/mol. The molecular formula is C14H12BrNO2. The fraction of sp³-hybridized carbons (Fsp3) is 0.214. The molecule has 1 aliphatic carbocycles. The Balaban J connectivity index is 2.18. The molecule has 0 fully saturated rings. The van der Waals surface area contributed by atoms with Crippen LogP contribution in [0.2, 0.25) is 0 Å². The standard InChI is InChI=1S/C14H12BrNO2/c15-10-3-1-2-9(6-10)14(18)7-13(17)11-4-5-16-8-12(11)14/h1-6,8,13,17-18H,7H2. The maximum Gasteiger partial charge on any atom is 0.119 e. The van der Waals surface area contributed by atoms with E-state index in [4.69, 9.17) is 0 Å². The molecule has 92 valence electrons. The van der Waals surface area contributed by atoms with Gasteiger partial charge in [0.2, 0.25) is 0 Å². The van der Waals surface area contributed by atoms with E-state index < -0.39 is 11.7 Å². The molecule has 1 aliphatic rings. The molecule has 0 saturated carbocycles. The summed E-state index contributed by atoms with van der Waals surface area (Å²) in [6.45, 7) is 0. The average Bonchev–Trinajstić information content (AvgIpc) is 2.64. The van der Waals surface area contributed by atoms with E-state index in [0.717, 1.165) is 15.6 Å². The van der Waals surface area contributed by atoms with Gasteiger partial charge in [-0.1, -0.05) is 28.1 Å². The normalized spacial score (nSPS) is 26.1. The van der Waals surface area contributed by atoms with E-state index in [1.165, 1.54) is 0 Å². The van der Waals surface area contributed by atoms with Crippen molar-refractivity contribution in [3.8, 4) is 0 Å². The highest BCUT2D eigenvalue weighted by atomic mass is 79.9. The van der Waals surface area contributed by atoms with Gasteiger partial charge in [0.25, 0.3) is 0 Å². The Bertz CT molecular complexity index is 602. The zero-order valence-corrected chi connectivity index (χ0v) is 11.1. The first-order valence-electron chi connectivity index (χ1n) is 5.72. The van der Waals surface area contributed by atoms with Gasteiger partial charge in [0, 0.05) is 28.9 Å². The van der Waals surface area contributed by atoms with Gasteiger partial charge in [-0.3, -0.25) is 4.98 Å². The van der Waals surface area contributed by atoms with Crippen LogP contribution >= 0.6 is 15.9 Å². The number of aromatic nitrogens is 1. The Morgan fingerprint density at radius 3 is 2.94 bits per heavy atom. The highest BCUT2D eigenvalue weighted by Gasteiger charge is 2.43. The van der Waals surface area contributed by atoms with Crippen LogP contribution in [-0.4, -0.2) is 15.2 Å². The second kappa shape index (κ2) is 4.16. The van der Waals surface area contributed by atoms with Crippen LogP contribution in [0.15, 0.2) is 47.2 Å². The van der Waals surface area contributed by atoms with Crippen LogP contribution < -0.4 is 0 Å². The fourth-order valence-corrected chi connectivity index (χ4v) is 2.96. The van der Waals surface area contributed by atoms with Crippen molar-refractivity contribution in [1.82, 2.24) is 4.98 Å². The summed E-state index contributed by atoms with van der Waals surface area (Å²) in [5.74, 6) is 0. The first kappa shape index (κ1) is 11.8. The van der Waals surface area contributed by atoms with E-state index in [0.29, 0.717) is 5.56 Å². The molecule has 2 unspecified atom stereocenters. The number of hydrogen-bond acceptors (Lipinski definition) is 3. The van der Waals surface area contributed by atoms with Crippen LogP contribution in [0.5, 0.6) is 0 Å². The number of aliphatic hydroxyl groups is 2. The summed E-state index contributed by atoms with van der Waals surface area (Å²) >= 11 is 3.40. The van der Waals surface area contributed by atoms with E-state index in [9.17, 15) is 10.2 Å². The molecule has 1 aromatic carbocycles. The van der Waals surface area contributed by atoms with E-state index in [1.54, 1.807) is 18.5 Å². The second-order valence-corrected chi connectivity index (χ2v) is 5.47. The van der Waals surface area contributed by atoms with Crippen molar-refractivity contribution >= 4 is 15.9 Å². The number of aliphatic hydroxyl groups excluding tert-OH is 1. The van der Waals surface area contributed by atoms with Crippen molar-refractivity contribution in [2.75, 3.05) is 0 Å². The molecule has 0 radical (unpaired) electrons. The lowest BCUT2D eigenvalue weighted by molar-refractivity contribution is 0.0411. The SMILES string of the molecule is OC1CC(O)(c2cccc(Br)c2)c2cnccc21. The third-order valence-corrected chi connectivity index (χ3v) is 3.94. The molecule has 1 aromatic heterocycles. The van der Waals surface area contributed by atoms with Gasteiger partial charge in [0.1, 0.15) is 5.60 Å².